The number of benzene rings is 1. The average Bonchev–Trinajstić information content (AvgIpc) is 2.60. The molecule has 4 heteroatoms. The molecule has 0 aliphatic carbocycles. The van der Waals surface area contributed by atoms with Gasteiger partial charge in [0.2, 0.25) is 0 Å². The largest absolute Gasteiger partial charge is 0.324 e. The van der Waals surface area contributed by atoms with Crippen LogP contribution < -0.4 is 5.73 Å². The lowest BCUT2D eigenvalue weighted by Crippen LogP contribution is -2.12. The van der Waals surface area contributed by atoms with Gasteiger partial charge in [-0.05, 0) is 62.4 Å². The number of nitrogens with two attached hydrogens (primary N) is 1. The van der Waals surface area contributed by atoms with E-state index in [2.05, 4.69) is 12.0 Å². The lowest BCUT2D eigenvalue weighted by Gasteiger charge is -2.13. The molecule has 2 aromatic rings. The molecule has 0 saturated carbocycles. The molecule has 0 spiro atoms. The second-order valence-corrected chi connectivity index (χ2v) is 5.48. The van der Waals surface area contributed by atoms with Crippen molar-refractivity contribution in [3.8, 4) is 0 Å². The van der Waals surface area contributed by atoms with Gasteiger partial charge in [0.25, 0.3) is 0 Å². The van der Waals surface area contributed by atoms with E-state index in [1.807, 2.05) is 31.6 Å². The Morgan fingerprint density at radius 1 is 1.25 bits per heavy atom. The monoisotopic (exact) mass is 275 g/mol. The number of rotatable bonds is 4. The van der Waals surface area contributed by atoms with Crippen LogP contribution in [0.3, 0.4) is 0 Å². The van der Waals surface area contributed by atoms with Gasteiger partial charge in [-0.15, -0.1) is 0 Å². The number of hydrogen-bond donors (Lipinski definition) is 1. The first-order valence-corrected chi connectivity index (χ1v) is 6.90. The fourth-order valence-electron chi connectivity index (χ4n) is 2.62. The molecule has 2 N–H and O–H groups in total. The molecule has 2 rings (SSSR count). The Morgan fingerprint density at radius 2 is 1.95 bits per heavy atom. The summed E-state index contributed by atoms with van der Waals surface area (Å²) in [4.78, 5) is 0. The highest BCUT2D eigenvalue weighted by atomic mass is 19.1. The Bertz CT molecular complexity index is 596. The van der Waals surface area contributed by atoms with Crippen LogP contribution in [0.5, 0.6) is 0 Å². The average molecular weight is 275 g/mol. The number of halogens is 1. The van der Waals surface area contributed by atoms with Crippen LogP contribution in [0.2, 0.25) is 0 Å². The van der Waals surface area contributed by atoms with Gasteiger partial charge in [0.05, 0.1) is 5.69 Å². The van der Waals surface area contributed by atoms with E-state index < -0.39 is 0 Å². The molecule has 1 heterocycles. The summed E-state index contributed by atoms with van der Waals surface area (Å²) in [5.41, 5.74) is 11.4. The normalized spacial score (nSPS) is 12.7. The van der Waals surface area contributed by atoms with Crippen molar-refractivity contribution < 1.29 is 4.39 Å². The van der Waals surface area contributed by atoms with Crippen molar-refractivity contribution in [1.82, 2.24) is 9.78 Å². The highest BCUT2D eigenvalue weighted by molar-refractivity contribution is 5.28. The zero-order chi connectivity index (χ0) is 14.9. The maximum Gasteiger partial charge on any atom is 0.123 e. The Kier molecular flexibility index (Phi) is 4.23. The van der Waals surface area contributed by atoms with Crippen molar-refractivity contribution in [1.29, 1.82) is 0 Å². The fraction of sp³-hybridized carbons (Fsp3) is 0.438. The molecule has 0 fully saturated rings. The molecule has 108 valence electrons. The molecule has 0 aliphatic heterocycles. The van der Waals surface area contributed by atoms with Gasteiger partial charge in [0.15, 0.2) is 0 Å². The van der Waals surface area contributed by atoms with Crippen molar-refractivity contribution >= 4 is 0 Å². The summed E-state index contributed by atoms with van der Waals surface area (Å²) in [7, 11) is 1.95. The summed E-state index contributed by atoms with van der Waals surface area (Å²) in [6.07, 6.45) is 1.65. The van der Waals surface area contributed by atoms with Gasteiger partial charge in [0, 0.05) is 18.8 Å². The summed E-state index contributed by atoms with van der Waals surface area (Å²) in [6.45, 7) is 5.96. The van der Waals surface area contributed by atoms with Gasteiger partial charge in [-0.3, -0.25) is 4.68 Å². The predicted molar refractivity (Wildman–Crippen MR) is 79.1 cm³/mol. The molecule has 0 radical (unpaired) electrons. The molecule has 1 aromatic carbocycles. The van der Waals surface area contributed by atoms with E-state index in [4.69, 9.17) is 5.73 Å². The first-order chi connectivity index (χ1) is 9.38. The molecule has 1 unspecified atom stereocenters. The van der Waals surface area contributed by atoms with Crippen LogP contribution in [0.4, 0.5) is 4.39 Å². The standard InChI is InChI=1S/C16H22FN3/c1-10-7-13(9-14(17)8-10)16(18)6-5-15-11(2)19-20(4)12(15)3/h7-9,16H,5-6,18H2,1-4H3. The van der Waals surface area contributed by atoms with Gasteiger partial charge >= 0.3 is 0 Å². The number of aromatic nitrogens is 2. The van der Waals surface area contributed by atoms with E-state index >= 15 is 0 Å². The minimum atomic E-state index is -0.218. The molecule has 1 atom stereocenters. The van der Waals surface area contributed by atoms with E-state index in [9.17, 15) is 4.39 Å². The fourth-order valence-corrected chi connectivity index (χ4v) is 2.62. The Labute approximate surface area is 119 Å². The van der Waals surface area contributed by atoms with E-state index in [-0.39, 0.29) is 11.9 Å². The first-order valence-electron chi connectivity index (χ1n) is 6.90. The maximum absolute atomic E-state index is 13.4. The molecule has 20 heavy (non-hydrogen) atoms. The topological polar surface area (TPSA) is 43.8 Å². The van der Waals surface area contributed by atoms with Crippen molar-refractivity contribution in [3.05, 3.63) is 52.1 Å². The Morgan fingerprint density at radius 3 is 2.50 bits per heavy atom. The highest BCUT2D eigenvalue weighted by Crippen LogP contribution is 2.21. The quantitative estimate of drug-likeness (QED) is 0.931. The smallest absolute Gasteiger partial charge is 0.123 e. The van der Waals surface area contributed by atoms with Crippen molar-refractivity contribution in [2.45, 2.75) is 39.7 Å². The molecule has 0 saturated heterocycles. The second-order valence-electron chi connectivity index (χ2n) is 5.48. The Hall–Kier alpha value is -1.68. The summed E-state index contributed by atoms with van der Waals surface area (Å²) in [5.74, 6) is -0.218. The van der Waals surface area contributed by atoms with Crippen LogP contribution in [0.1, 0.15) is 40.5 Å². The van der Waals surface area contributed by atoms with Crippen LogP contribution in [0, 0.1) is 26.6 Å². The van der Waals surface area contributed by atoms with Gasteiger partial charge in [0.1, 0.15) is 5.82 Å². The molecule has 0 aliphatic rings. The molecular weight excluding hydrogens is 253 g/mol. The van der Waals surface area contributed by atoms with Gasteiger partial charge < -0.3 is 5.73 Å². The minimum absolute atomic E-state index is 0.150. The molecular formula is C16H22FN3. The van der Waals surface area contributed by atoms with Crippen molar-refractivity contribution in [2.24, 2.45) is 12.8 Å². The zero-order valence-corrected chi connectivity index (χ0v) is 12.6. The lowest BCUT2D eigenvalue weighted by molar-refractivity contribution is 0.607. The predicted octanol–water partition coefficient (Wildman–Crippen LogP) is 3.12. The molecule has 0 bridgehead atoms. The van der Waals surface area contributed by atoms with Crippen molar-refractivity contribution in [2.75, 3.05) is 0 Å². The Balaban J connectivity index is 2.10. The van der Waals surface area contributed by atoms with E-state index in [0.29, 0.717) is 0 Å². The maximum atomic E-state index is 13.4. The first kappa shape index (κ1) is 14.7. The second kappa shape index (κ2) is 5.75. The van der Waals surface area contributed by atoms with E-state index in [1.165, 1.54) is 23.4 Å². The van der Waals surface area contributed by atoms with Gasteiger partial charge in [-0.1, -0.05) is 6.07 Å². The molecule has 1 aromatic heterocycles. The number of hydrogen-bond acceptors (Lipinski definition) is 2. The van der Waals surface area contributed by atoms with E-state index in [0.717, 1.165) is 29.7 Å². The lowest BCUT2D eigenvalue weighted by atomic mass is 9.97. The van der Waals surface area contributed by atoms with E-state index in [1.54, 1.807) is 0 Å². The van der Waals surface area contributed by atoms with Crippen LogP contribution in [0.15, 0.2) is 18.2 Å². The summed E-state index contributed by atoms with van der Waals surface area (Å²) < 4.78 is 15.3. The number of nitrogens with zero attached hydrogens (tertiary/aromatic N) is 2. The molecule has 0 amide bonds. The highest BCUT2D eigenvalue weighted by Gasteiger charge is 2.13. The summed E-state index contributed by atoms with van der Waals surface area (Å²) in [5, 5.41) is 4.41. The van der Waals surface area contributed by atoms with Gasteiger partial charge in [-0.25, -0.2) is 4.39 Å². The van der Waals surface area contributed by atoms with Crippen LogP contribution in [-0.2, 0) is 13.5 Å². The van der Waals surface area contributed by atoms with Crippen LogP contribution >= 0.6 is 0 Å². The summed E-state index contributed by atoms with van der Waals surface area (Å²) in [6, 6.07) is 4.85. The third kappa shape index (κ3) is 3.07. The zero-order valence-electron chi connectivity index (χ0n) is 12.6. The SMILES string of the molecule is Cc1cc(F)cc(C(N)CCc2c(C)nn(C)c2C)c1. The third-order valence-electron chi connectivity index (χ3n) is 3.86. The minimum Gasteiger partial charge on any atom is -0.324 e. The van der Waals surface area contributed by atoms with Crippen molar-refractivity contribution in [3.63, 3.8) is 0 Å². The summed E-state index contributed by atoms with van der Waals surface area (Å²) >= 11 is 0. The van der Waals surface area contributed by atoms with Crippen LogP contribution in [0.25, 0.3) is 0 Å². The molecule has 3 nitrogen and oxygen atoms in total. The number of aryl methyl sites for hydroxylation is 3. The van der Waals surface area contributed by atoms with Crippen LogP contribution in [-0.4, -0.2) is 9.78 Å². The third-order valence-corrected chi connectivity index (χ3v) is 3.86. The van der Waals surface area contributed by atoms with Gasteiger partial charge in [-0.2, -0.15) is 5.10 Å².